The summed E-state index contributed by atoms with van der Waals surface area (Å²) in [6.45, 7) is 11.6. The van der Waals surface area contributed by atoms with Crippen LogP contribution in [0, 0.1) is 24.7 Å². The van der Waals surface area contributed by atoms with Gasteiger partial charge in [-0.1, -0.05) is 12.2 Å². The smallest absolute Gasteiger partial charge is 0.0884 e. The molecule has 1 aliphatic rings. The first-order chi connectivity index (χ1) is 5.31. The van der Waals surface area contributed by atoms with Crippen molar-refractivity contribution in [3.8, 4) is 0 Å². The molecule has 1 saturated carbocycles. The first-order valence-electron chi connectivity index (χ1n) is 4.36. The second kappa shape index (κ2) is 3.66. The molecule has 3 unspecified atom stereocenters. The van der Waals surface area contributed by atoms with Crippen molar-refractivity contribution in [2.75, 3.05) is 0 Å². The SMILES string of the molecule is C=CC1CC(C=C)C(C[CH2+])C1. The van der Waals surface area contributed by atoms with E-state index in [0.717, 1.165) is 12.3 Å². The monoisotopic (exact) mass is 149 g/mol. The lowest BCUT2D eigenvalue weighted by Gasteiger charge is -2.08. The van der Waals surface area contributed by atoms with Crippen molar-refractivity contribution in [1.82, 2.24) is 0 Å². The van der Waals surface area contributed by atoms with E-state index in [9.17, 15) is 0 Å². The molecular formula is C11H17+. The Morgan fingerprint density at radius 1 is 1.27 bits per heavy atom. The summed E-state index contributed by atoms with van der Waals surface area (Å²) in [6, 6.07) is 0. The third-order valence-electron chi connectivity index (χ3n) is 2.79. The summed E-state index contributed by atoms with van der Waals surface area (Å²) >= 11 is 0. The van der Waals surface area contributed by atoms with Gasteiger partial charge in [0.25, 0.3) is 0 Å². The summed E-state index contributed by atoms with van der Waals surface area (Å²) < 4.78 is 0. The lowest BCUT2D eigenvalue weighted by molar-refractivity contribution is 0.462. The molecule has 60 valence electrons. The van der Waals surface area contributed by atoms with Crippen LogP contribution >= 0.6 is 0 Å². The van der Waals surface area contributed by atoms with E-state index in [1.807, 2.05) is 0 Å². The highest BCUT2D eigenvalue weighted by atomic mass is 14.3. The molecule has 0 saturated heterocycles. The summed E-state index contributed by atoms with van der Waals surface area (Å²) in [6.07, 6.45) is 7.71. The van der Waals surface area contributed by atoms with Gasteiger partial charge in [0, 0.05) is 5.92 Å². The molecule has 0 heteroatoms. The Morgan fingerprint density at radius 3 is 2.36 bits per heavy atom. The fourth-order valence-electron chi connectivity index (χ4n) is 2.01. The third kappa shape index (κ3) is 1.68. The molecule has 0 aliphatic heterocycles. The average molecular weight is 149 g/mol. The van der Waals surface area contributed by atoms with E-state index in [0.29, 0.717) is 11.8 Å². The molecule has 0 amide bonds. The second-order valence-corrected chi connectivity index (χ2v) is 3.42. The van der Waals surface area contributed by atoms with Gasteiger partial charge in [0.05, 0.1) is 13.3 Å². The van der Waals surface area contributed by atoms with Crippen LogP contribution in [0.1, 0.15) is 19.3 Å². The summed E-state index contributed by atoms with van der Waals surface area (Å²) in [5, 5.41) is 0. The largest absolute Gasteiger partial charge is 0.103 e. The maximum Gasteiger partial charge on any atom is 0.0884 e. The molecule has 3 atom stereocenters. The molecule has 0 radical (unpaired) electrons. The number of hydrogen-bond donors (Lipinski definition) is 0. The van der Waals surface area contributed by atoms with Crippen LogP contribution in [0.15, 0.2) is 25.3 Å². The van der Waals surface area contributed by atoms with Crippen molar-refractivity contribution in [3.05, 3.63) is 32.2 Å². The molecule has 0 bridgehead atoms. The predicted molar refractivity (Wildman–Crippen MR) is 50.1 cm³/mol. The molecule has 0 heterocycles. The Morgan fingerprint density at radius 2 is 2.00 bits per heavy atom. The number of allylic oxidation sites excluding steroid dienone is 2. The fourth-order valence-corrected chi connectivity index (χ4v) is 2.01. The summed E-state index contributed by atoms with van der Waals surface area (Å²) in [5.41, 5.74) is 0. The zero-order valence-corrected chi connectivity index (χ0v) is 7.13. The zero-order chi connectivity index (χ0) is 8.27. The maximum atomic E-state index is 3.95. The van der Waals surface area contributed by atoms with E-state index in [1.165, 1.54) is 12.8 Å². The molecule has 0 aromatic carbocycles. The zero-order valence-electron chi connectivity index (χ0n) is 7.13. The molecule has 1 rings (SSSR count). The van der Waals surface area contributed by atoms with E-state index in [-0.39, 0.29) is 0 Å². The van der Waals surface area contributed by atoms with Gasteiger partial charge < -0.3 is 0 Å². The molecule has 11 heavy (non-hydrogen) atoms. The number of hydrogen-bond acceptors (Lipinski definition) is 0. The molecule has 0 aromatic rings. The van der Waals surface area contributed by atoms with Gasteiger partial charge in [-0.25, -0.2) is 0 Å². The molecule has 1 fully saturated rings. The Labute approximate surface area is 70.0 Å². The van der Waals surface area contributed by atoms with Crippen LogP contribution in [0.25, 0.3) is 0 Å². The predicted octanol–water partition coefficient (Wildman–Crippen LogP) is 3.22. The van der Waals surface area contributed by atoms with Crippen LogP contribution < -0.4 is 0 Å². The summed E-state index contributed by atoms with van der Waals surface area (Å²) in [7, 11) is 0. The van der Waals surface area contributed by atoms with E-state index < -0.39 is 0 Å². The fraction of sp³-hybridized carbons (Fsp3) is 0.545. The van der Waals surface area contributed by atoms with Gasteiger partial charge in [0.2, 0.25) is 0 Å². The molecule has 0 N–H and O–H groups in total. The normalized spacial score (nSPS) is 36.9. The van der Waals surface area contributed by atoms with Gasteiger partial charge >= 0.3 is 0 Å². The molecule has 0 nitrogen and oxygen atoms in total. The highest BCUT2D eigenvalue weighted by Crippen LogP contribution is 2.39. The highest BCUT2D eigenvalue weighted by molar-refractivity contribution is 4.97. The van der Waals surface area contributed by atoms with Crippen molar-refractivity contribution >= 4 is 0 Å². The van der Waals surface area contributed by atoms with Gasteiger partial charge in [-0.15, -0.1) is 13.2 Å². The second-order valence-electron chi connectivity index (χ2n) is 3.42. The summed E-state index contributed by atoms with van der Waals surface area (Å²) in [5.74, 6) is 2.16. The third-order valence-corrected chi connectivity index (χ3v) is 2.79. The standard InChI is InChI=1S/C11H17/c1-4-9-7-10(5-2)11(6-3)8-9/h4-5,9-11H,1-3,6-8H2/q+1. The minimum atomic E-state index is 0.690. The molecule has 1 aliphatic carbocycles. The first-order valence-corrected chi connectivity index (χ1v) is 4.36. The van der Waals surface area contributed by atoms with Crippen LogP contribution in [0.4, 0.5) is 0 Å². The van der Waals surface area contributed by atoms with E-state index >= 15 is 0 Å². The van der Waals surface area contributed by atoms with Crippen molar-refractivity contribution in [2.45, 2.75) is 19.3 Å². The Hall–Kier alpha value is -0.650. The van der Waals surface area contributed by atoms with Crippen LogP contribution in [0.3, 0.4) is 0 Å². The van der Waals surface area contributed by atoms with Crippen molar-refractivity contribution in [2.24, 2.45) is 17.8 Å². The molecule has 0 aromatic heterocycles. The lowest BCUT2D eigenvalue weighted by Crippen LogP contribution is -2.02. The van der Waals surface area contributed by atoms with Crippen molar-refractivity contribution in [1.29, 1.82) is 0 Å². The highest BCUT2D eigenvalue weighted by Gasteiger charge is 2.30. The Balaban J connectivity index is 2.53. The van der Waals surface area contributed by atoms with Crippen LogP contribution in [0.2, 0.25) is 0 Å². The van der Waals surface area contributed by atoms with E-state index in [4.69, 9.17) is 0 Å². The van der Waals surface area contributed by atoms with Gasteiger partial charge in [-0.05, 0) is 24.7 Å². The summed E-state index contributed by atoms with van der Waals surface area (Å²) in [4.78, 5) is 0. The van der Waals surface area contributed by atoms with Crippen LogP contribution in [-0.2, 0) is 0 Å². The maximum absolute atomic E-state index is 3.95. The van der Waals surface area contributed by atoms with Gasteiger partial charge in [0.1, 0.15) is 0 Å². The van der Waals surface area contributed by atoms with Gasteiger partial charge in [-0.3, -0.25) is 0 Å². The molecule has 0 spiro atoms. The van der Waals surface area contributed by atoms with Crippen LogP contribution in [0.5, 0.6) is 0 Å². The Bertz CT molecular complexity index is 146. The topological polar surface area (TPSA) is 0 Å². The van der Waals surface area contributed by atoms with Crippen LogP contribution in [-0.4, -0.2) is 0 Å². The Kier molecular flexibility index (Phi) is 2.81. The molecular weight excluding hydrogens is 132 g/mol. The average Bonchev–Trinajstić information content (AvgIpc) is 2.46. The lowest BCUT2D eigenvalue weighted by atomic mass is 9.94. The minimum absolute atomic E-state index is 0.690. The van der Waals surface area contributed by atoms with Crippen molar-refractivity contribution in [3.63, 3.8) is 0 Å². The van der Waals surface area contributed by atoms with Gasteiger partial charge in [0.15, 0.2) is 0 Å². The van der Waals surface area contributed by atoms with Gasteiger partial charge in [-0.2, -0.15) is 0 Å². The van der Waals surface area contributed by atoms with Crippen molar-refractivity contribution < 1.29 is 0 Å². The minimum Gasteiger partial charge on any atom is -0.103 e. The quantitative estimate of drug-likeness (QED) is 0.427. The van der Waals surface area contributed by atoms with E-state index in [1.54, 1.807) is 0 Å². The number of rotatable bonds is 3. The first kappa shape index (κ1) is 8.45. The van der Waals surface area contributed by atoms with E-state index in [2.05, 4.69) is 32.2 Å².